The summed E-state index contributed by atoms with van der Waals surface area (Å²) in [5.41, 5.74) is 0. The second-order valence-corrected chi connectivity index (χ2v) is 3.41. The lowest BCUT2D eigenvalue weighted by atomic mass is 9.92. The highest BCUT2D eigenvalue weighted by Crippen LogP contribution is 2.16. The quantitative estimate of drug-likeness (QED) is 0.511. The van der Waals surface area contributed by atoms with Crippen molar-refractivity contribution in [3.63, 3.8) is 0 Å². The standard InChI is InChI=1S/C8H16N2/c1-3-7-8(9-5-1)4-2-6-10-7/h7-10H,1-6H2/t7-,8+. The first-order valence-electron chi connectivity index (χ1n) is 4.43. The average molecular weight is 140 g/mol. The van der Waals surface area contributed by atoms with E-state index in [1.54, 1.807) is 0 Å². The Morgan fingerprint density at radius 1 is 0.800 bits per heavy atom. The highest BCUT2D eigenvalue weighted by molar-refractivity contribution is 4.89. The van der Waals surface area contributed by atoms with E-state index in [1.165, 1.54) is 38.8 Å². The van der Waals surface area contributed by atoms with Gasteiger partial charge in [-0.05, 0) is 38.8 Å². The molecule has 0 aliphatic carbocycles. The third kappa shape index (κ3) is 1.18. The Bertz CT molecular complexity index is 87.8. The molecule has 0 bridgehead atoms. The summed E-state index contributed by atoms with van der Waals surface area (Å²) in [4.78, 5) is 0. The summed E-state index contributed by atoms with van der Waals surface area (Å²) in [5.74, 6) is 0. The SMILES string of the molecule is C1CN[C@@H]2CCCN[C@H]2C1. The molecular formula is C8H16N2. The van der Waals surface area contributed by atoms with E-state index in [1.807, 2.05) is 0 Å². The molecule has 2 fully saturated rings. The average Bonchev–Trinajstić information content (AvgIpc) is 2.05. The first-order chi connectivity index (χ1) is 4.97. The zero-order chi connectivity index (χ0) is 6.81. The summed E-state index contributed by atoms with van der Waals surface area (Å²) in [6.45, 7) is 2.48. The smallest absolute Gasteiger partial charge is 0.0221 e. The van der Waals surface area contributed by atoms with Crippen LogP contribution in [0.5, 0.6) is 0 Å². The van der Waals surface area contributed by atoms with Crippen LogP contribution in [0.4, 0.5) is 0 Å². The van der Waals surface area contributed by atoms with Crippen LogP contribution in [0.1, 0.15) is 25.7 Å². The van der Waals surface area contributed by atoms with E-state index in [0.717, 1.165) is 12.1 Å². The third-order valence-corrected chi connectivity index (χ3v) is 2.68. The summed E-state index contributed by atoms with van der Waals surface area (Å²) in [5, 5.41) is 7.12. The van der Waals surface area contributed by atoms with Crippen molar-refractivity contribution < 1.29 is 0 Å². The molecule has 0 spiro atoms. The molecule has 0 aromatic rings. The van der Waals surface area contributed by atoms with E-state index in [0.29, 0.717) is 0 Å². The number of hydrogen-bond acceptors (Lipinski definition) is 2. The minimum Gasteiger partial charge on any atom is -0.312 e. The first kappa shape index (κ1) is 6.62. The molecule has 0 aromatic carbocycles. The predicted molar refractivity (Wildman–Crippen MR) is 42.0 cm³/mol. The van der Waals surface area contributed by atoms with Crippen molar-refractivity contribution in [2.75, 3.05) is 13.1 Å². The molecule has 2 aliphatic rings. The maximum absolute atomic E-state index is 3.56. The maximum atomic E-state index is 3.56. The molecular weight excluding hydrogens is 124 g/mol. The molecule has 2 aliphatic heterocycles. The second kappa shape index (κ2) is 2.89. The van der Waals surface area contributed by atoms with Gasteiger partial charge in [0.15, 0.2) is 0 Å². The van der Waals surface area contributed by atoms with Crippen LogP contribution >= 0.6 is 0 Å². The molecule has 2 rings (SSSR count). The zero-order valence-corrected chi connectivity index (χ0v) is 6.40. The van der Waals surface area contributed by atoms with Crippen molar-refractivity contribution in [3.05, 3.63) is 0 Å². The summed E-state index contributed by atoms with van der Waals surface area (Å²) in [7, 11) is 0. The monoisotopic (exact) mass is 140 g/mol. The first-order valence-corrected chi connectivity index (χ1v) is 4.43. The molecule has 2 saturated heterocycles. The number of rotatable bonds is 0. The lowest BCUT2D eigenvalue weighted by Crippen LogP contribution is -2.54. The van der Waals surface area contributed by atoms with Crippen molar-refractivity contribution in [2.24, 2.45) is 0 Å². The van der Waals surface area contributed by atoms with Gasteiger partial charge in [0.1, 0.15) is 0 Å². The van der Waals surface area contributed by atoms with Crippen LogP contribution in [-0.2, 0) is 0 Å². The Morgan fingerprint density at radius 3 is 1.80 bits per heavy atom. The Morgan fingerprint density at radius 2 is 1.30 bits per heavy atom. The second-order valence-electron chi connectivity index (χ2n) is 3.41. The molecule has 0 aromatic heterocycles. The van der Waals surface area contributed by atoms with Crippen LogP contribution in [0.2, 0.25) is 0 Å². The normalized spacial score (nSPS) is 40.8. The molecule has 2 atom stereocenters. The van der Waals surface area contributed by atoms with E-state index in [-0.39, 0.29) is 0 Å². The molecule has 0 radical (unpaired) electrons. The fourth-order valence-corrected chi connectivity index (χ4v) is 2.11. The Kier molecular flexibility index (Phi) is 1.91. The highest BCUT2D eigenvalue weighted by atomic mass is 15.0. The fraction of sp³-hybridized carbons (Fsp3) is 1.00. The number of nitrogens with one attached hydrogen (secondary N) is 2. The third-order valence-electron chi connectivity index (χ3n) is 2.68. The van der Waals surface area contributed by atoms with Crippen molar-refractivity contribution in [1.82, 2.24) is 10.6 Å². The summed E-state index contributed by atoms with van der Waals surface area (Å²) < 4.78 is 0. The van der Waals surface area contributed by atoms with Gasteiger partial charge in [-0.15, -0.1) is 0 Å². The van der Waals surface area contributed by atoms with Gasteiger partial charge in [-0.3, -0.25) is 0 Å². The number of piperidine rings is 2. The number of fused-ring (bicyclic) bond motifs is 1. The van der Waals surface area contributed by atoms with Crippen LogP contribution < -0.4 is 10.6 Å². The summed E-state index contributed by atoms with van der Waals surface area (Å²) >= 11 is 0. The molecule has 0 unspecified atom stereocenters. The molecule has 2 N–H and O–H groups in total. The minimum atomic E-state index is 0.794. The lowest BCUT2D eigenvalue weighted by Gasteiger charge is -2.37. The summed E-state index contributed by atoms with van der Waals surface area (Å²) in [6.07, 6.45) is 5.48. The molecule has 10 heavy (non-hydrogen) atoms. The van der Waals surface area contributed by atoms with Crippen LogP contribution in [0.3, 0.4) is 0 Å². The van der Waals surface area contributed by atoms with E-state index < -0.39 is 0 Å². The Balaban J connectivity index is 1.93. The van der Waals surface area contributed by atoms with Gasteiger partial charge in [-0.2, -0.15) is 0 Å². The van der Waals surface area contributed by atoms with Gasteiger partial charge in [-0.1, -0.05) is 0 Å². The Hall–Kier alpha value is -0.0800. The van der Waals surface area contributed by atoms with Gasteiger partial charge in [-0.25, -0.2) is 0 Å². The van der Waals surface area contributed by atoms with Crippen molar-refractivity contribution in [1.29, 1.82) is 0 Å². The van der Waals surface area contributed by atoms with E-state index in [4.69, 9.17) is 0 Å². The van der Waals surface area contributed by atoms with Gasteiger partial charge in [0.25, 0.3) is 0 Å². The van der Waals surface area contributed by atoms with E-state index >= 15 is 0 Å². The van der Waals surface area contributed by atoms with Crippen LogP contribution in [0.25, 0.3) is 0 Å². The fourth-order valence-electron chi connectivity index (χ4n) is 2.11. The molecule has 58 valence electrons. The van der Waals surface area contributed by atoms with E-state index in [9.17, 15) is 0 Å². The highest BCUT2D eigenvalue weighted by Gasteiger charge is 2.26. The van der Waals surface area contributed by atoms with Crippen molar-refractivity contribution in [3.8, 4) is 0 Å². The maximum Gasteiger partial charge on any atom is 0.0221 e. The Labute approximate surface area is 62.4 Å². The van der Waals surface area contributed by atoms with Crippen molar-refractivity contribution in [2.45, 2.75) is 37.8 Å². The predicted octanol–water partition coefficient (Wildman–Crippen LogP) is 0.490. The largest absolute Gasteiger partial charge is 0.312 e. The van der Waals surface area contributed by atoms with Crippen LogP contribution in [-0.4, -0.2) is 25.2 Å². The molecule has 2 nitrogen and oxygen atoms in total. The zero-order valence-electron chi connectivity index (χ0n) is 6.40. The number of hydrogen-bond donors (Lipinski definition) is 2. The molecule has 0 amide bonds. The van der Waals surface area contributed by atoms with Gasteiger partial charge in [0, 0.05) is 12.1 Å². The van der Waals surface area contributed by atoms with Crippen molar-refractivity contribution >= 4 is 0 Å². The van der Waals surface area contributed by atoms with Gasteiger partial charge in [0.05, 0.1) is 0 Å². The minimum absolute atomic E-state index is 0.794. The van der Waals surface area contributed by atoms with Gasteiger partial charge < -0.3 is 10.6 Å². The van der Waals surface area contributed by atoms with Gasteiger partial charge in [0.2, 0.25) is 0 Å². The molecule has 2 heterocycles. The van der Waals surface area contributed by atoms with Crippen LogP contribution in [0.15, 0.2) is 0 Å². The summed E-state index contributed by atoms with van der Waals surface area (Å²) in [6, 6.07) is 1.59. The molecule has 2 heteroatoms. The topological polar surface area (TPSA) is 24.1 Å². The van der Waals surface area contributed by atoms with E-state index in [2.05, 4.69) is 10.6 Å². The van der Waals surface area contributed by atoms with Crippen LogP contribution in [0, 0.1) is 0 Å². The lowest BCUT2D eigenvalue weighted by molar-refractivity contribution is 0.251. The van der Waals surface area contributed by atoms with Gasteiger partial charge >= 0.3 is 0 Å². The molecule has 0 saturated carbocycles.